The normalized spacial score (nSPS) is 12.9. The van der Waals surface area contributed by atoms with E-state index in [4.69, 9.17) is 4.74 Å². The molecule has 1 aromatic carbocycles. The van der Waals surface area contributed by atoms with Gasteiger partial charge in [0.15, 0.2) is 0 Å². The summed E-state index contributed by atoms with van der Waals surface area (Å²) in [6, 6.07) is 4.64. The van der Waals surface area contributed by atoms with Crippen LogP contribution >= 0.6 is 0 Å². The first-order valence-corrected chi connectivity index (χ1v) is 13.4. The van der Waals surface area contributed by atoms with E-state index >= 15 is 0 Å². The Labute approximate surface area is 217 Å². The van der Waals surface area contributed by atoms with Gasteiger partial charge in [-0.25, -0.2) is 4.79 Å². The van der Waals surface area contributed by atoms with Gasteiger partial charge in [-0.1, -0.05) is 70.6 Å². The Morgan fingerprint density at radius 1 is 0.972 bits per heavy atom. The summed E-state index contributed by atoms with van der Waals surface area (Å²) < 4.78 is 5.31. The fourth-order valence-electron chi connectivity index (χ4n) is 3.88. The third kappa shape index (κ3) is 11.3. The molecule has 0 aromatic heterocycles. The molecule has 2 atom stereocenters. The lowest BCUT2D eigenvalue weighted by Crippen LogP contribution is -2.52. The molecule has 0 aliphatic rings. The van der Waals surface area contributed by atoms with E-state index < -0.39 is 29.7 Å². The average molecular weight is 506 g/mol. The van der Waals surface area contributed by atoms with E-state index in [1.54, 1.807) is 45.9 Å². The highest BCUT2D eigenvalue weighted by molar-refractivity contribution is 5.92. The van der Waals surface area contributed by atoms with Crippen molar-refractivity contribution < 1.29 is 24.2 Å². The Morgan fingerprint density at radius 2 is 1.58 bits per heavy atom. The van der Waals surface area contributed by atoms with Crippen molar-refractivity contribution in [2.24, 2.45) is 0 Å². The highest BCUT2D eigenvalue weighted by Gasteiger charge is 2.35. The Morgan fingerprint density at radius 3 is 2.19 bits per heavy atom. The molecule has 36 heavy (non-hydrogen) atoms. The van der Waals surface area contributed by atoms with E-state index in [0.717, 1.165) is 38.5 Å². The minimum absolute atomic E-state index is 0.0540. The van der Waals surface area contributed by atoms with Crippen molar-refractivity contribution in [3.63, 3.8) is 0 Å². The van der Waals surface area contributed by atoms with Crippen LogP contribution in [0.15, 0.2) is 24.3 Å². The van der Waals surface area contributed by atoms with Gasteiger partial charge in [0.1, 0.15) is 23.4 Å². The van der Waals surface area contributed by atoms with Crippen LogP contribution in [0.2, 0.25) is 0 Å². The Hall–Kier alpha value is -2.77. The number of benzene rings is 1. The molecule has 3 N–H and O–H groups in total. The van der Waals surface area contributed by atoms with Gasteiger partial charge < -0.3 is 25.4 Å². The maximum Gasteiger partial charge on any atom is 0.408 e. The summed E-state index contributed by atoms with van der Waals surface area (Å²) in [5.41, 5.74) is -0.349. The number of nitrogens with one attached hydrogen (secondary N) is 2. The van der Waals surface area contributed by atoms with Gasteiger partial charge >= 0.3 is 6.09 Å². The van der Waals surface area contributed by atoms with Crippen molar-refractivity contribution in [2.45, 2.75) is 111 Å². The lowest BCUT2D eigenvalue weighted by molar-refractivity contribution is -0.142. The molecular weight excluding hydrogens is 458 g/mol. The minimum Gasteiger partial charge on any atom is -0.508 e. The molecule has 3 amide bonds. The SMILES string of the molecule is CCCCCCCCN(C(=O)C(C)NC(=O)OC(C)(C)C)C(C(=O)NCCCC)c1ccccc1O. The second kappa shape index (κ2) is 16.1. The van der Waals surface area contributed by atoms with E-state index in [9.17, 15) is 19.5 Å². The third-order valence-corrected chi connectivity index (χ3v) is 5.76. The smallest absolute Gasteiger partial charge is 0.408 e. The number of carbonyl (C=O) groups excluding carboxylic acids is 3. The van der Waals surface area contributed by atoms with Gasteiger partial charge in [0, 0.05) is 18.7 Å². The molecule has 2 unspecified atom stereocenters. The summed E-state index contributed by atoms with van der Waals surface area (Å²) in [6.45, 7) is 11.8. The van der Waals surface area contributed by atoms with Crippen LogP contribution in [-0.2, 0) is 14.3 Å². The van der Waals surface area contributed by atoms with Crippen LogP contribution in [0, 0.1) is 0 Å². The first-order valence-electron chi connectivity index (χ1n) is 13.4. The van der Waals surface area contributed by atoms with Crippen molar-refractivity contribution in [1.29, 1.82) is 0 Å². The van der Waals surface area contributed by atoms with Gasteiger partial charge in [-0.15, -0.1) is 0 Å². The van der Waals surface area contributed by atoms with Gasteiger partial charge in [0.25, 0.3) is 0 Å². The number of nitrogens with zero attached hydrogens (tertiary/aromatic N) is 1. The molecule has 0 bridgehead atoms. The number of rotatable bonds is 15. The maximum atomic E-state index is 13.7. The largest absolute Gasteiger partial charge is 0.508 e. The zero-order valence-corrected chi connectivity index (χ0v) is 23.1. The van der Waals surface area contributed by atoms with Crippen LogP contribution in [0.1, 0.15) is 105 Å². The van der Waals surface area contributed by atoms with Gasteiger partial charge in [-0.2, -0.15) is 0 Å². The zero-order valence-electron chi connectivity index (χ0n) is 23.1. The standard InChI is InChI=1S/C28H47N3O5/c1-7-9-11-12-13-16-20-31(26(34)21(3)30-27(35)36-28(4,5)6)24(25(33)29-19-10-8-2)22-17-14-15-18-23(22)32/h14-15,17-18,21,24,32H,7-13,16,19-20H2,1-6H3,(H,29,33)(H,30,35). The quantitative estimate of drug-likeness (QED) is 0.275. The molecule has 8 heteroatoms. The highest BCUT2D eigenvalue weighted by Crippen LogP contribution is 2.30. The molecule has 0 saturated heterocycles. The molecule has 0 saturated carbocycles. The predicted octanol–water partition coefficient (Wildman–Crippen LogP) is 5.45. The number of phenolic OH excluding ortho intramolecular Hbond substituents is 1. The molecule has 0 radical (unpaired) electrons. The maximum absolute atomic E-state index is 13.7. The monoisotopic (exact) mass is 505 g/mol. The molecule has 0 heterocycles. The van der Waals surface area contributed by atoms with Crippen molar-refractivity contribution in [3.8, 4) is 5.75 Å². The van der Waals surface area contributed by atoms with Crippen LogP contribution in [0.25, 0.3) is 0 Å². The van der Waals surface area contributed by atoms with E-state index in [0.29, 0.717) is 25.1 Å². The van der Waals surface area contributed by atoms with Gasteiger partial charge in [-0.3, -0.25) is 9.59 Å². The molecule has 0 aliphatic carbocycles. The molecule has 8 nitrogen and oxygen atoms in total. The van der Waals surface area contributed by atoms with Crippen molar-refractivity contribution in [1.82, 2.24) is 15.5 Å². The number of unbranched alkanes of at least 4 members (excludes halogenated alkanes) is 6. The molecule has 1 rings (SSSR count). The van der Waals surface area contributed by atoms with Gasteiger partial charge in [-0.05, 0) is 46.6 Å². The number of carbonyl (C=O) groups is 3. The second-order valence-corrected chi connectivity index (χ2v) is 10.3. The number of para-hydroxylation sites is 1. The number of hydrogen-bond donors (Lipinski definition) is 3. The zero-order chi connectivity index (χ0) is 27.1. The summed E-state index contributed by atoms with van der Waals surface area (Å²) in [5, 5.41) is 16.1. The van der Waals surface area contributed by atoms with Crippen molar-refractivity contribution >= 4 is 17.9 Å². The van der Waals surface area contributed by atoms with Crippen molar-refractivity contribution in [3.05, 3.63) is 29.8 Å². The van der Waals surface area contributed by atoms with Crippen LogP contribution in [-0.4, -0.2) is 52.6 Å². The third-order valence-electron chi connectivity index (χ3n) is 5.76. The first kappa shape index (κ1) is 31.3. The Balaban J connectivity index is 3.22. The van der Waals surface area contributed by atoms with E-state index in [-0.39, 0.29) is 11.7 Å². The summed E-state index contributed by atoms with van der Waals surface area (Å²) in [5.74, 6) is -0.816. The second-order valence-electron chi connectivity index (χ2n) is 10.3. The van der Waals surface area contributed by atoms with E-state index in [1.807, 2.05) is 6.92 Å². The van der Waals surface area contributed by atoms with Crippen LogP contribution < -0.4 is 10.6 Å². The number of hydrogen-bond acceptors (Lipinski definition) is 5. The number of alkyl carbamates (subject to hydrolysis) is 1. The van der Waals surface area contributed by atoms with Crippen LogP contribution in [0.4, 0.5) is 4.79 Å². The first-order chi connectivity index (χ1) is 17.0. The molecule has 1 aromatic rings. The van der Waals surface area contributed by atoms with E-state index in [1.165, 1.54) is 17.4 Å². The summed E-state index contributed by atoms with van der Waals surface area (Å²) >= 11 is 0. The Kier molecular flexibility index (Phi) is 14.0. The molecule has 0 spiro atoms. The van der Waals surface area contributed by atoms with Gasteiger partial charge in [0.2, 0.25) is 11.8 Å². The molecule has 0 fully saturated rings. The molecule has 0 aliphatic heterocycles. The van der Waals surface area contributed by atoms with E-state index in [2.05, 4.69) is 17.6 Å². The highest BCUT2D eigenvalue weighted by atomic mass is 16.6. The van der Waals surface area contributed by atoms with Crippen molar-refractivity contribution in [2.75, 3.05) is 13.1 Å². The molecular formula is C28H47N3O5. The molecule has 204 valence electrons. The fraction of sp³-hybridized carbons (Fsp3) is 0.679. The minimum atomic E-state index is -1.02. The summed E-state index contributed by atoms with van der Waals surface area (Å²) in [7, 11) is 0. The predicted molar refractivity (Wildman–Crippen MR) is 143 cm³/mol. The lowest BCUT2D eigenvalue weighted by Gasteiger charge is -2.34. The lowest BCUT2D eigenvalue weighted by atomic mass is 10.0. The summed E-state index contributed by atoms with van der Waals surface area (Å²) in [4.78, 5) is 40.9. The van der Waals surface area contributed by atoms with Crippen LogP contribution in [0.5, 0.6) is 5.75 Å². The topological polar surface area (TPSA) is 108 Å². The van der Waals surface area contributed by atoms with Gasteiger partial charge in [0.05, 0.1) is 0 Å². The average Bonchev–Trinajstić information content (AvgIpc) is 2.79. The number of aromatic hydroxyl groups is 1. The van der Waals surface area contributed by atoms with Crippen LogP contribution in [0.3, 0.4) is 0 Å². The summed E-state index contributed by atoms with van der Waals surface area (Å²) in [6.07, 6.45) is 7.14. The number of phenols is 1. The number of ether oxygens (including phenoxy) is 1. The number of amides is 3. The Bertz CT molecular complexity index is 822. The fourth-order valence-corrected chi connectivity index (χ4v) is 3.88.